The van der Waals surface area contributed by atoms with Gasteiger partial charge in [0.2, 0.25) is 0 Å². The minimum absolute atomic E-state index is 0. The molecule has 0 heterocycles. The fourth-order valence-electron chi connectivity index (χ4n) is 0.825. The van der Waals surface area contributed by atoms with Gasteiger partial charge in [0.15, 0.2) is 0 Å². The van der Waals surface area contributed by atoms with E-state index in [9.17, 15) is 14.4 Å². The summed E-state index contributed by atoms with van der Waals surface area (Å²) in [7, 11) is -4.48. The molecule has 1 aromatic rings. The van der Waals surface area contributed by atoms with Gasteiger partial charge >= 0.3 is 23.1 Å². The largest absolute Gasteiger partial charge is 2.00 e. The topological polar surface area (TPSA) is 83.4 Å². The number of hydrogen-bond acceptors (Lipinski definition) is 4. The third kappa shape index (κ3) is 5.28. The molecule has 66 valence electrons. The van der Waals surface area contributed by atoms with Crippen LogP contribution in [0.15, 0.2) is 24.3 Å². The average Bonchev–Trinajstić information content (AvgIpc) is 1.91. The third-order valence-corrected chi connectivity index (χ3v) is 2.07. The number of phenolic OH excluding ortho intramolecular Hbond substituents is 1. The molecule has 1 N–H and O–H groups in total. The predicted molar refractivity (Wildman–Crippen MR) is 45.2 cm³/mol. The molecule has 0 spiro atoms. The van der Waals surface area contributed by atoms with E-state index >= 15 is 0 Å². The van der Waals surface area contributed by atoms with Crippen molar-refractivity contribution in [1.82, 2.24) is 0 Å². The summed E-state index contributed by atoms with van der Waals surface area (Å²) in [5.41, 5.74) is 0.390. The summed E-state index contributed by atoms with van der Waals surface area (Å²) in [6.07, 6.45) is -0.507. The summed E-state index contributed by atoms with van der Waals surface area (Å²) in [6, 6.07) is 5.48. The molecule has 0 saturated heterocycles. The first-order valence-corrected chi connectivity index (χ1v) is 4.99. The molecule has 0 fully saturated rings. The van der Waals surface area contributed by atoms with Crippen molar-refractivity contribution in [3.8, 4) is 5.75 Å². The second-order valence-electron chi connectivity index (χ2n) is 2.44. The molecule has 1 rings (SSSR count). The molecule has 0 amide bonds. The molecule has 4 nitrogen and oxygen atoms in total. The van der Waals surface area contributed by atoms with Crippen molar-refractivity contribution < 1.29 is 19.5 Å². The van der Waals surface area contributed by atoms with E-state index < -0.39 is 13.8 Å². The molecule has 0 aromatic heterocycles. The van der Waals surface area contributed by atoms with Gasteiger partial charge < -0.3 is 19.5 Å². The predicted octanol–water partition coefficient (Wildman–Crippen LogP) is -0.575. The van der Waals surface area contributed by atoms with Crippen molar-refractivity contribution in [1.29, 1.82) is 0 Å². The first-order valence-electron chi connectivity index (χ1n) is 3.26. The summed E-state index contributed by atoms with van der Waals surface area (Å²) in [5.74, 6) is 0.0466. The van der Waals surface area contributed by atoms with Crippen molar-refractivity contribution in [3.05, 3.63) is 29.8 Å². The maximum atomic E-state index is 10.3. The number of aromatic hydroxyl groups is 1. The SMILES string of the molecule is O=P([O-])([O-])Cc1ccc(O)cc1.[Mg+2]. The van der Waals surface area contributed by atoms with E-state index in [2.05, 4.69) is 0 Å². The molecule has 0 bridgehead atoms. The van der Waals surface area contributed by atoms with Gasteiger partial charge in [-0.1, -0.05) is 19.7 Å². The molecule has 0 saturated carbocycles. The van der Waals surface area contributed by atoms with Crippen molar-refractivity contribution in [2.45, 2.75) is 6.16 Å². The maximum Gasteiger partial charge on any atom is 2.00 e. The van der Waals surface area contributed by atoms with Gasteiger partial charge in [0, 0.05) is 6.16 Å². The van der Waals surface area contributed by atoms with E-state index in [1.165, 1.54) is 24.3 Å². The molecule has 0 aliphatic rings. The monoisotopic (exact) mass is 210 g/mol. The maximum absolute atomic E-state index is 10.3. The van der Waals surface area contributed by atoms with Crippen molar-refractivity contribution in [2.24, 2.45) is 0 Å². The van der Waals surface area contributed by atoms with Gasteiger partial charge in [0.05, 0.1) is 0 Å². The standard InChI is InChI=1S/C7H9O4P.Mg/c8-7-3-1-6(2-4-7)5-12(9,10)11;/h1-4,8H,5H2,(H2,9,10,11);/q;+2/p-2. The van der Waals surface area contributed by atoms with Crippen LogP contribution in [0.2, 0.25) is 0 Å². The van der Waals surface area contributed by atoms with Crippen LogP contribution >= 0.6 is 7.60 Å². The Kier molecular flexibility index (Phi) is 4.95. The Bertz CT molecular complexity index is 305. The van der Waals surface area contributed by atoms with Crippen LogP contribution in [-0.2, 0) is 10.7 Å². The Labute approximate surface area is 91.9 Å². The van der Waals surface area contributed by atoms with Gasteiger partial charge in [0.25, 0.3) is 0 Å². The van der Waals surface area contributed by atoms with Gasteiger partial charge in [-0.05, 0) is 17.7 Å². The summed E-state index contributed by atoms with van der Waals surface area (Å²) in [5, 5.41) is 8.83. The van der Waals surface area contributed by atoms with Crippen LogP contribution < -0.4 is 9.79 Å². The van der Waals surface area contributed by atoms with Crippen LogP contribution in [0.25, 0.3) is 0 Å². The second-order valence-corrected chi connectivity index (χ2v) is 3.97. The molecule has 13 heavy (non-hydrogen) atoms. The minimum atomic E-state index is -4.48. The smallest absolute Gasteiger partial charge is 0.810 e. The molecule has 0 aliphatic heterocycles. The molecule has 0 atom stereocenters. The Morgan fingerprint density at radius 3 is 2.08 bits per heavy atom. The number of benzene rings is 1. The van der Waals surface area contributed by atoms with E-state index in [0.717, 1.165) is 0 Å². The third-order valence-electron chi connectivity index (χ3n) is 1.31. The van der Waals surface area contributed by atoms with Gasteiger partial charge in [-0.25, -0.2) is 0 Å². The second kappa shape index (κ2) is 4.98. The van der Waals surface area contributed by atoms with Crippen molar-refractivity contribution in [2.75, 3.05) is 0 Å². The molecule has 1 aromatic carbocycles. The molecular weight excluding hydrogens is 203 g/mol. The Morgan fingerprint density at radius 1 is 1.23 bits per heavy atom. The van der Waals surface area contributed by atoms with E-state index in [1.807, 2.05) is 0 Å². The zero-order valence-corrected chi connectivity index (χ0v) is 9.15. The van der Waals surface area contributed by atoms with Gasteiger partial charge in [-0.2, -0.15) is 0 Å². The minimum Gasteiger partial charge on any atom is -0.810 e. The van der Waals surface area contributed by atoms with E-state index in [0.29, 0.717) is 5.56 Å². The quantitative estimate of drug-likeness (QED) is 0.523. The summed E-state index contributed by atoms with van der Waals surface area (Å²) in [4.78, 5) is 20.6. The fraction of sp³-hybridized carbons (Fsp3) is 0.143. The Hall–Kier alpha value is -0.0638. The summed E-state index contributed by atoms with van der Waals surface area (Å²) < 4.78 is 10.3. The number of phenols is 1. The first kappa shape index (κ1) is 12.9. The van der Waals surface area contributed by atoms with Crippen LogP contribution in [0.5, 0.6) is 5.75 Å². The van der Waals surface area contributed by atoms with E-state index in [1.54, 1.807) is 0 Å². The Balaban J connectivity index is 0.00000144. The summed E-state index contributed by atoms with van der Waals surface area (Å²) in [6.45, 7) is 0. The van der Waals surface area contributed by atoms with Gasteiger partial charge in [-0.15, -0.1) is 0 Å². The normalized spacial score (nSPS) is 10.6. The van der Waals surface area contributed by atoms with Crippen molar-refractivity contribution >= 4 is 30.6 Å². The van der Waals surface area contributed by atoms with Crippen LogP contribution in [0.4, 0.5) is 0 Å². The average molecular weight is 210 g/mol. The Morgan fingerprint density at radius 2 is 1.69 bits per heavy atom. The van der Waals surface area contributed by atoms with Gasteiger partial charge in [-0.3, -0.25) is 0 Å². The molecule has 0 aliphatic carbocycles. The van der Waals surface area contributed by atoms with E-state index in [-0.39, 0.29) is 28.8 Å². The number of rotatable bonds is 2. The van der Waals surface area contributed by atoms with Crippen LogP contribution in [0.3, 0.4) is 0 Å². The van der Waals surface area contributed by atoms with Gasteiger partial charge in [0.1, 0.15) is 5.75 Å². The summed E-state index contributed by atoms with van der Waals surface area (Å²) >= 11 is 0. The number of hydrogen-bond donors (Lipinski definition) is 1. The molecular formula is C7H7MgO4P. The molecule has 6 heteroatoms. The molecule has 0 radical (unpaired) electrons. The van der Waals surface area contributed by atoms with Crippen LogP contribution in [-0.4, -0.2) is 28.2 Å². The van der Waals surface area contributed by atoms with E-state index in [4.69, 9.17) is 5.11 Å². The molecule has 0 unspecified atom stereocenters. The fourth-order valence-corrected chi connectivity index (χ4v) is 1.48. The van der Waals surface area contributed by atoms with Crippen LogP contribution in [0, 0.1) is 0 Å². The van der Waals surface area contributed by atoms with Crippen LogP contribution in [0.1, 0.15) is 5.56 Å². The zero-order chi connectivity index (χ0) is 9.19. The first-order chi connectivity index (χ1) is 5.47. The van der Waals surface area contributed by atoms with Crippen molar-refractivity contribution in [3.63, 3.8) is 0 Å². The zero-order valence-electron chi connectivity index (χ0n) is 6.84.